The molecule has 0 unspecified atom stereocenters. The number of anilines is 2. The number of fused-ring (bicyclic) bond motifs is 1. The van der Waals surface area contributed by atoms with Gasteiger partial charge in [0, 0.05) is 23.5 Å². The highest BCUT2D eigenvalue weighted by atomic mass is 32.1. The van der Waals surface area contributed by atoms with Gasteiger partial charge in [-0.2, -0.15) is 4.98 Å². The SMILES string of the molecule is CCN1CC(c2cccs2)=Cc2c(C)nc(N)nc21. The van der Waals surface area contributed by atoms with Gasteiger partial charge in [-0.05, 0) is 36.9 Å². The van der Waals surface area contributed by atoms with Crippen molar-refractivity contribution in [2.75, 3.05) is 23.7 Å². The Bertz CT molecular complexity index is 631. The number of aryl methyl sites for hydroxylation is 1. The summed E-state index contributed by atoms with van der Waals surface area (Å²) in [4.78, 5) is 12.2. The number of aromatic nitrogens is 2. The summed E-state index contributed by atoms with van der Waals surface area (Å²) in [5, 5.41) is 2.11. The summed E-state index contributed by atoms with van der Waals surface area (Å²) < 4.78 is 0. The average Bonchev–Trinajstić information content (AvgIpc) is 2.91. The Morgan fingerprint density at radius 1 is 1.42 bits per heavy atom. The summed E-state index contributed by atoms with van der Waals surface area (Å²) >= 11 is 1.77. The number of nitrogen functional groups attached to an aromatic ring is 1. The predicted molar refractivity (Wildman–Crippen MR) is 81.3 cm³/mol. The van der Waals surface area contributed by atoms with E-state index < -0.39 is 0 Å². The Morgan fingerprint density at radius 2 is 2.26 bits per heavy atom. The lowest BCUT2D eigenvalue weighted by Gasteiger charge is -2.29. The standard InChI is InChI=1S/C14H16N4S/c1-3-18-8-10(12-5-4-6-19-12)7-11-9(2)16-14(15)17-13(11)18/h4-7H,3,8H2,1-2H3,(H2,15,16,17). The molecule has 1 aliphatic rings. The molecule has 2 aromatic rings. The summed E-state index contributed by atoms with van der Waals surface area (Å²) in [6, 6.07) is 4.24. The molecular weight excluding hydrogens is 256 g/mol. The zero-order chi connectivity index (χ0) is 13.4. The molecule has 0 amide bonds. The number of rotatable bonds is 2. The Hall–Kier alpha value is -1.88. The van der Waals surface area contributed by atoms with Crippen molar-refractivity contribution < 1.29 is 0 Å². The second-order valence-corrected chi connectivity index (χ2v) is 5.51. The fraction of sp³-hybridized carbons (Fsp3) is 0.286. The molecule has 0 atom stereocenters. The largest absolute Gasteiger partial charge is 0.368 e. The van der Waals surface area contributed by atoms with Gasteiger partial charge in [0.25, 0.3) is 0 Å². The van der Waals surface area contributed by atoms with E-state index in [1.54, 1.807) is 11.3 Å². The van der Waals surface area contributed by atoms with E-state index in [1.807, 2.05) is 6.92 Å². The van der Waals surface area contributed by atoms with Gasteiger partial charge in [-0.1, -0.05) is 6.07 Å². The van der Waals surface area contributed by atoms with Crippen LogP contribution in [0.15, 0.2) is 17.5 Å². The second-order valence-electron chi connectivity index (χ2n) is 4.57. The summed E-state index contributed by atoms with van der Waals surface area (Å²) in [5.41, 5.74) is 9.11. The van der Waals surface area contributed by atoms with E-state index in [9.17, 15) is 0 Å². The number of likely N-dealkylation sites (N-methyl/N-ethyl adjacent to an activating group) is 1. The monoisotopic (exact) mass is 272 g/mol. The van der Waals surface area contributed by atoms with Crippen molar-refractivity contribution in [2.24, 2.45) is 0 Å². The normalized spacial score (nSPS) is 14.2. The van der Waals surface area contributed by atoms with Crippen LogP contribution in [-0.2, 0) is 0 Å². The fourth-order valence-corrected chi connectivity index (χ4v) is 3.11. The van der Waals surface area contributed by atoms with Gasteiger partial charge in [0.2, 0.25) is 5.95 Å². The van der Waals surface area contributed by atoms with Gasteiger partial charge in [0.15, 0.2) is 0 Å². The fourth-order valence-electron chi connectivity index (χ4n) is 2.37. The molecule has 4 nitrogen and oxygen atoms in total. The maximum atomic E-state index is 5.76. The molecule has 0 bridgehead atoms. The predicted octanol–water partition coefficient (Wildman–Crippen LogP) is 2.81. The van der Waals surface area contributed by atoms with Crippen LogP contribution in [0.25, 0.3) is 11.6 Å². The van der Waals surface area contributed by atoms with Crippen LogP contribution in [-0.4, -0.2) is 23.1 Å². The number of hydrogen-bond donors (Lipinski definition) is 1. The molecular formula is C14H16N4S. The van der Waals surface area contributed by atoms with Gasteiger partial charge in [0.05, 0.1) is 5.69 Å². The van der Waals surface area contributed by atoms with E-state index in [-0.39, 0.29) is 0 Å². The molecule has 0 saturated heterocycles. The van der Waals surface area contributed by atoms with Crippen LogP contribution >= 0.6 is 11.3 Å². The highest BCUT2D eigenvalue weighted by Gasteiger charge is 2.22. The molecule has 0 aliphatic carbocycles. The third-order valence-electron chi connectivity index (χ3n) is 3.33. The van der Waals surface area contributed by atoms with Crippen molar-refractivity contribution in [1.29, 1.82) is 0 Å². The first-order valence-corrected chi connectivity index (χ1v) is 7.20. The molecule has 98 valence electrons. The smallest absolute Gasteiger partial charge is 0.222 e. The van der Waals surface area contributed by atoms with Gasteiger partial charge in [-0.15, -0.1) is 11.3 Å². The topological polar surface area (TPSA) is 55.0 Å². The highest BCUT2D eigenvalue weighted by molar-refractivity contribution is 7.11. The van der Waals surface area contributed by atoms with Crippen LogP contribution in [0.3, 0.4) is 0 Å². The molecule has 19 heavy (non-hydrogen) atoms. The average molecular weight is 272 g/mol. The Labute approximate surface area is 116 Å². The zero-order valence-corrected chi connectivity index (χ0v) is 11.9. The number of nitrogens with zero attached hydrogens (tertiary/aromatic N) is 3. The molecule has 0 aromatic carbocycles. The first kappa shape index (κ1) is 12.2. The van der Waals surface area contributed by atoms with E-state index in [0.717, 1.165) is 30.2 Å². The van der Waals surface area contributed by atoms with Gasteiger partial charge >= 0.3 is 0 Å². The zero-order valence-electron chi connectivity index (χ0n) is 11.1. The lowest BCUT2D eigenvalue weighted by molar-refractivity contribution is 0.873. The van der Waals surface area contributed by atoms with Crippen LogP contribution in [0.4, 0.5) is 11.8 Å². The maximum Gasteiger partial charge on any atom is 0.222 e. The number of nitrogens with two attached hydrogens (primary N) is 1. The summed E-state index contributed by atoms with van der Waals surface area (Å²) in [6.07, 6.45) is 2.20. The molecule has 5 heteroatoms. The Balaban J connectivity index is 2.15. The van der Waals surface area contributed by atoms with Crippen LogP contribution in [0.1, 0.15) is 23.1 Å². The highest BCUT2D eigenvalue weighted by Crippen LogP contribution is 2.34. The first-order chi connectivity index (χ1) is 9.19. The minimum atomic E-state index is 0.350. The Morgan fingerprint density at radius 3 is 2.95 bits per heavy atom. The lowest BCUT2D eigenvalue weighted by atomic mass is 10.0. The van der Waals surface area contributed by atoms with E-state index in [0.29, 0.717) is 5.95 Å². The van der Waals surface area contributed by atoms with Crippen LogP contribution in [0.5, 0.6) is 0 Å². The third kappa shape index (κ3) is 2.10. The third-order valence-corrected chi connectivity index (χ3v) is 4.28. The molecule has 0 radical (unpaired) electrons. The van der Waals surface area contributed by atoms with Crippen molar-refractivity contribution in [3.63, 3.8) is 0 Å². The summed E-state index contributed by atoms with van der Waals surface area (Å²) in [6.45, 7) is 5.90. The lowest BCUT2D eigenvalue weighted by Crippen LogP contribution is -2.29. The van der Waals surface area contributed by atoms with Crippen LogP contribution in [0, 0.1) is 6.92 Å². The van der Waals surface area contributed by atoms with Crippen molar-refractivity contribution in [2.45, 2.75) is 13.8 Å². The minimum Gasteiger partial charge on any atom is -0.368 e. The van der Waals surface area contributed by atoms with Crippen molar-refractivity contribution in [1.82, 2.24) is 9.97 Å². The molecule has 2 aromatic heterocycles. The Kier molecular flexibility index (Phi) is 2.98. The van der Waals surface area contributed by atoms with Crippen LogP contribution < -0.4 is 10.6 Å². The van der Waals surface area contributed by atoms with Crippen molar-refractivity contribution >= 4 is 34.8 Å². The number of thiophene rings is 1. The summed E-state index contributed by atoms with van der Waals surface area (Å²) in [5.74, 6) is 1.30. The van der Waals surface area contributed by atoms with Crippen LogP contribution in [0.2, 0.25) is 0 Å². The molecule has 1 aliphatic heterocycles. The first-order valence-electron chi connectivity index (χ1n) is 6.32. The molecule has 3 rings (SSSR count). The van der Waals surface area contributed by atoms with Crippen molar-refractivity contribution in [3.8, 4) is 0 Å². The quantitative estimate of drug-likeness (QED) is 0.913. The molecule has 0 fully saturated rings. The minimum absolute atomic E-state index is 0.350. The molecule has 2 N–H and O–H groups in total. The van der Waals surface area contributed by atoms with E-state index in [4.69, 9.17) is 5.73 Å². The number of hydrogen-bond acceptors (Lipinski definition) is 5. The molecule has 0 spiro atoms. The van der Waals surface area contributed by atoms with E-state index >= 15 is 0 Å². The summed E-state index contributed by atoms with van der Waals surface area (Å²) in [7, 11) is 0. The van der Waals surface area contributed by atoms with Gasteiger partial charge in [-0.3, -0.25) is 0 Å². The second kappa shape index (κ2) is 4.66. The van der Waals surface area contributed by atoms with Gasteiger partial charge in [0.1, 0.15) is 5.82 Å². The van der Waals surface area contributed by atoms with Gasteiger partial charge < -0.3 is 10.6 Å². The maximum absolute atomic E-state index is 5.76. The molecule has 0 saturated carbocycles. The van der Waals surface area contributed by atoms with Gasteiger partial charge in [-0.25, -0.2) is 4.98 Å². The van der Waals surface area contributed by atoms with Crippen molar-refractivity contribution in [3.05, 3.63) is 33.6 Å². The van der Waals surface area contributed by atoms with E-state index in [1.165, 1.54) is 10.5 Å². The molecule has 3 heterocycles. The van der Waals surface area contributed by atoms with E-state index in [2.05, 4.69) is 45.4 Å².